The maximum atomic E-state index is 13.4. The number of ether oxygens (including phenoxy) is 1. The van der Waals surface area contributed by atoms with Crippen molar-refractivity contribution in [3.05, 3.63) is 63.2 Å². The number of aromatic nitrogens is 3. The van der Waals surface area contributed by atoms with Crippen molar-refractivity contribution in [1.82, 2.24) is 25.6 Å². The highest BCUT2D eigenvalue weighted by molar-refractivity contribution is 6.30. The molecule has 4 rings (SSSR count). The van der Waals surface area contributed by atoms with Crippen LogP contribution in [0.5, 0.6) is 5.75 Å². The van der Waals surface area contributed by atoms with Crippen molar-refractivity contribution in [2.24, 2.45) is 5.92 Å². The van der Waals surface area contributed by atoms with Crippen molar-refractivity contribution in [1.29, 1.82) is 0 Å². The van der Waals surface area contributed by atoms with Crippen LogP contribution in [0.1, 0.15) is 37.4 Å². The van der Waals surface area contributed by atoms with Gasteiger partial charge in [0, 0.05) is 18.8 Å². The van der Waals surface area contributed by atoms with Gasteiger partial charge in [-0.15, -0.1) is 0 Å². The number of fused-ring (bicyclic) bond motifs is 1. The maximum absolute atomic E-state index is 13.4. The normalized spacial score (nSPS) is 15.8. The summed E-state index contributed by atoms with van der Waals surface area (Å²) in [5.74, 6) is 0.868. The minimum atomic E-state index is -0.575. The molecule has 3 aromatic rings. The number of hydrogen-bond acceptors (Lipinski definition) is 6. The zero-order valence-corrected chi connectivity index (χ0v) is 18.0. The van der Waals surface area contributed by atoms with Gasteiger partial charge in [-0.2, -0.15) is 0 Å². The van der Waals surface area contributed by atoms with Crippen LogP contribution in [0.2, 0.25) is 5.02 Å². The van der Waals surface area contributed by atoms with Crippen molar-refractivity contribution in [2.45, 2.75) is 32.4 Å². The lowest BCUT2D eigenvalue weighted by Crippen LogP contribution is -2.33. The summed E-state index contributed by atoms with van der Waals surface area (Å²) in [5, 5.41) is 7.28. The topological polar surface area (TPSA) is 91.9 Å². The lowest BCUT2D eigenvalue weighted by atomic mass is 9.98. The molecule has 1 aliphatic heterocycles. The summed E-state index contributed by atoms with van der Waals surface area (Å²) < 4.78 is 19.2. The molecule has 0 spiro atoms. The molecule has 0 radical (unpaired) electrons. The number of benzene rings is 1. The molecule has 164 valence electrons. The fourth-order valence-corrected chi connectivity index (χ4v) is 3.92. The van der Waals surface area contributed by atoms with Gasteiger partial charge in [0.25, 0.3) is 5.56 Å². The van der Waals surface area contributed by atoms with Crippen LogP contribution in [0.15, 0.2) is 35.3 Å². The smallest absolute Gasteiger partial charge is 0.258 e. The highest BCUT2D eigenvalue weighted by atomic mass is 35.5. The molecular formula is C22H25ClFN5O2. The fourth-order valence-electron chi connectivity index (χ4n) is 3.75. The Morgan fingerprint density at radius 3 is 2.90 bits per heavy atom. The van der Waals surface area contributed by atoms with E-state index in [9.17, 15) is 9.18 Å². The molecule has 1 atom stereocenters. The maximum Gasteiger partial charge on any atom is 0.258 e. The first kappa shape index (κ1) is 21.7. The quantitative estimate of drug-likeness (QED) is 0.516. The highest BCUT2D eigenvalue weighted by Crippen LogP contribution is 2.25. The summed E-state index contributed by atoms with van der Waals surface area (Å²) in [5.41, 5.74) is 1.01. The van der Waals surface area contributed by atoms with E-state index in [4.69, 9.17) is 16.3 Å². The summed E-state index contributed by atoms with van der Waals surface area (Å²) in [4.78, 5) is 24.5. The van der Waals surface area contributed by atoms with E-state index >= 15 is 0 Å². The van der Waals surface area contributed by atoms with E-state index < -0.39 is 11.9 Å². The summed E-state index contributed by atoms with van der Waals surface area (Å²) in [6.07, 6.45) is 3.36. The van der Waals surface area contributed by atoms with E-state index in [0.717, 1.165) is 38.2 Å². The molecule has 0 saturated carbocycles. The molecule has 31 heavy (non-hydrogen) atoms. The van der Waals surface area contributed by atoms with Crippen LogP contribution < -0.4 is 20.9 Å². The molecule has 1 fully saturated rings. The number of halogens is 2. The number of rotatable bonds is 7. The second-order valence-corrected chi connectivity index (χ2v) is 8.17. The monoisotopic (exact) mass is 445 g/mol. The number of nitrogens with zero attached hydrogens (tertiary/aromatic N) is 2. The molecule has 2 aromatic heterocycles. The Morgan fingerprint density at radius 2 is 2.13 bits per heavy atom. The Bertz CT molecular complexity index is 1120. The Balaban J connectivity index is 1.53. The van der Waals surface area contributed by atoms with Gasteiger partial charge in [0.05, 0.1) is 16.1 Å². The predicted molar refractivity (Wildman–Crippen MR) is 118 cm³/mol. The predicted octanol–water partition coefficient (Wildman–Crippen LogP) is 3.34. The molecule has 7 nitrogen and oxygen atoms in total. The molecule has 1 aliphatic rings. The van der Waals surface area contributed by atoms with Gasteiger partial charge in [-0.1, -0.05) is 11.6 Å². The number of H-pyrrole nitrogens is 1. The summed E-state index contributed by atoms with van der Waals surface area (Å²) >= 11 is 5.82. The third-order valence-electron chi connectivity index (χ3n) is 5.49. The van der Waals surface area contributed by atoms with Crippen molar-refractivity contribution >= 4 is 22.5 Å². The van der Waals surface area contributed by atoms with Crippen molar-refractivity contribution < 1.29 is 9.13 Å². The van der Waals surface area contributed by atoms with E-state index in [0.29, 0.717) is 34.9 Å². The molecule has 1 saturated heterocycles. The van der Waals surface area contributed by atoms with E-state index in [-0.39, 0.29) is 10.6 Å². The van der Waals surface area contributed by atoms with Gasteiger partial charge in [0.1, 0.15) is 17.1 Å². The van der Waals surface area contributed by atoms with Crippen LogP contribution in [0, 0.1) is 11.7 Å². The molecule has 0 bridgehead atoms. The van der Waals surface area contributed by atoms with E-state index in [1.807, 2.05) is 0 Å². The zero-order chi connectivity index (χ0) is 21.8. The lowest BCUT2D eigenvalue weighted by molar-refractivity contribution is 0.216. The fraction of sp³-hybridized carbons (Fsp3) is 0.409. The average Bonchev–Trinajstić information content (AvgIpc) is 2.77. The number of piperidine rings is 1. The van der Waals surface area contributed by atoms with Gasteiger partial charge in [-0.3, -0.25) is 9.78 Å². The minimum absolute atomic E-state index is 0.0315. The third-order valence-corrected chi connectivity index (χ3v) is 5.78. The molecule has 3 N–H and O–H groups in total. The molecule has 0 amide bonds. The first-order valence-corrected chi connectivity index (χ1v) is 10.8. The zero-order valence-electron chi connectivity index (χ0n) is 17.3. The first-order chi connectivity index (χ1) is 15.0. The second-order valence-electron chi connectivity index (χ2n) is 7.77. The largest absolute Gasteiger partial charge is 0.483 e. The summed E-state index contributed by atoms with van der Waals surface area (Å²) in [6.45, 7) is 5.29. The first-order valence-electron chi connectivity index (χ1n) is 10.4. The van der Waals surface area contributed by atoms with Crippen LogP contribution in [0.4, 0.5) is 4.39 Å². The molecule has 0 unspecified atom stereocenters. The van der Waals surface area contributed by atoms with Crippen LogP contribution in [0.3, 0.4) is 0 Å². The van der Waals surface area contributed by atoms with Gasteiger partial charge in [0.15, 0.2) is 11.9 Å². The lowest BCUT2D eigenvalue weighted by Gasteiger charge is -2.22. The minimum Gasteiger partial charge on any atom is -0.483 e. The number of pyridine rings is 1. The average molecular weight is 446 g/mol. The summed E-state index contributed by atoms with van der Waals surface area (Å²) in [7, 11) is 0. The van der Waals surface area contributed by atoms with Gasteiger partial charge in [-0.25, -0.2) is 9.37 Å². The van der Waals surface area contributed by atoms with Gasteiger partial charge < -0.3 is 20.4 Å². The second kappa shape index (κ2) is 9.72. The van der Waals surface area contributed by atoms with E-state index in [2.05, 4.69) is 25.6 Å². The number of nitrogens with one attached hydrogen (secondary N) is 3. The molecule has 1 aromatic carbocycles. The Kier molecular flexibility index (Phi) is 6.80. The standard InChI is InChI=1S/C22H25ClFN5O2/c1-13(31-15-2-3-18(24)17(23)10-15)21-28-20-16(22(30)29-21)6-9-27-19(20)12-26-11-14-4-7-25-8-5-14/h2-3,6,9-10,13-14,25-26H,4-5,7-8,11-12H2,1H3,(H,28,29,30)/t13-/m1/s1. The number of aromatic amines is 1. The number of hydrogen-bond donors (Lipinski definition) is 3. The molecule has 0 aliphatic carbocycles. The Morgan fingerprint density at radius 1 is 1.32 bits per heavy atom. The van der Waals surface area contributed by atoms with Crippen LogP contribution in [-0.4, -0.2) is 34.6 Å². The van der Waals surface area contributed by atoms with Crippen LogP contribution in [-0.2, 0) is 6.54 Å². The SMILES string of the molecule is C[C@@H](Oc1ccc(F)c(Cl)c1)c1nc2c(CNCC3CCNCC3)nccc2c(=O)[nH]1. The summed E-state index contributed by atoms with van der Waals surface area (Å²) in [6, 6.07) is 5.77. The molecular weight excluding hydrogens is 421 g/mol. The Hall–Kier alpha value is -2.55. The highest BCUT2D eigenvalue weighted by Gasteiger charge is 2.17. The van der Waals surface area contributed by atoms with Gasteiger partial charge in [0.2, 0.25) is 0 Å². The van der Waals surface area contributed by atoms with Crippen LogP contribution in [0.25, 0.3) is 10.9 Å². The van der Waals surface area contributed by atoms with Crippen molar-refractivity contribution in [2.75, 3.05) is 19.6 Å². The van der Waals surface area contributed by atoms with Crippen molar-refractivity contribution in [3.8, 4) is 5.75 Å². The van der Waals surface area contributed by atoms with E-state index in [1.165, 1.54) is 18.2 Å². The van der Waals surface area contributed by atoms with Gasteiger partial charge >= 0.3 is 0 Å². The van der Waals surface area contributed by atoms with Crippen molar-refractivity contribution in [3.63, 3.8) is 0 Å². The molecule has 3 heterocycles. The van der Waals surface area contributed by atoms with E-state index in [1.54, 1.807) is 19.2 Å². The Labute approximate surface area is 184 Å². The van der Waals surface area contributed by atoms with Gasteiger partial charge in [-0.05, 0) is 63.5 Å². The molecule has 9 heteroatoms. The van der Waals surface area contributed by atoms with Crippen LogP contribution >= 0.6 is 11.6 Å². The third kappa shape index (κ3) is 5.20.